The molecule has 2 aromatic rings. The topological polar surface area (TPSA) is 55.3 Å². The second-order valence-electron chi connectivity index (χ2n) is 5.76. The minimum atomic E-state index is 0. The highest BCUT2D eigenvalue weighted by Gasteiger charge is 2.10. The Kier molecular flexibility index (Phi) is 9.77. The van der Waals surface area contributed by atoms with Gasteiger partial charge in [0, 0.05) is 32.7 Å². The maximum atomic E-state index is 5.42. The number of benzene rings is 2. The van der Waals surface area contributed by atoms with Crippen LogP contribution in [0.25, 0.3) is 0 Å². The van der Waals surface area contributed by atoms with Gasteiger partial charge >= 0.3 is 0 Å². The van der Waals surface area contributed by atoms with Gasteiger partial charge in [0.1, 0.15) is 5.75 Å². The lowest BCUT2D eigenvalue weighted by Crippen LogP contribution is -2.38. The number of hydrogen-bond acceptors (Lipinski definition) is 4. The molecule has 0 saturated heterocycles. The van der Waals surface area contributed by atoms with E-state index in [1.807, 2.05) is 43.4 Å². The van der Waals surface area contributed by atoms with Crippen molar-refractivity contribution in [1.82, 2.24) is 10.2 Å². The van der Waals surface area contributed by atoms with Gasteiger partial charge in [-0.2, -0.15) is 0 Å². The molecule has 148 valence electrons. The van der Waals surface area contributed by atoms with E-state index in [4.69, 9.17) is 14.2 Å². The summed E-state index contributed by atoms with van der Waals surface area (Å²) in [5, 5.41) is 3.37. The molecule has 0 unspecified atom stereocenters. The maximum absolute atomic E-state index is 5.42. The molecule has 0 aromatic heterocycles. The van der Waals surface area contributed by atoms with Gasteiger partial charge in [-0.25, -0.2) is 0 Å². The first-order chi connectivity index (χ1) is 12.6. The van der Waals surface area contributed by atoms with Crippen LogP contribution in [0.1, 0.15) is 11.1 Å². The lowest BCUT2D eigenvalue weighted by atomic mass is 10.2. The van der Waals surface area contributed by atoms with Crippen LogP contribution in [0, 0.1) is 0 Å². The molecule has 0 aliphatic rings. The van der Waals surface area contributed by atoms with E-state index >= 15 is 0 Å². The molecular formula is C20H28IN3O3. The van der Waals surface area contributed by atoms with E-state index in [-0.39, 0.29) is 24.0 Å². The number of hydrogen-bond donors (Lipinski definition) is 1. The fraction of sp³-hybridized carbons (Fsp3) is 0.350. The summed E-state index contributed by atoms with van der Waals surface area (Å²) in [5.74, 6) is 3.10. The van der Waals surface area contributed by atoms with E-state index in [1.165, 1.54) is 0 Å². The summed E-state index contributed by atoms with van der Waals surface area (Å²) in [6.07, 6.45) is 0. The van der Waals surface area contributed by atoms with Crippen LogP contribution in [0.5, 0.6) is 17.2 Å². The van der Waals surface area contributed by atoms with Crippen molar-refractivity contribution in [3.05, 3.63) is 53.6 Å². The van der Waals surface area contributed by atoms with E-state index in [9.17, 15) is 0 Å². The summed E-state index contributed by atoms with van der Waals surface area (Å²) in [7, 11) is 8.72. The van der Waals surface area contributed by atoms with Gasteiger partial charge in [-0.05, 0) is 23.8 Å². The second-order valence-corrected chi connectivity index (χ2v) is 5.76. The molecule has 0 radical (unpaired) electrons. The molecule has 0 aliphatic heterocycles. The summed E-state index contributed by atoms with van der Waals surface area (Å²) in [5.41, 5.74) is 2.18. The van der Waals surface area contributed by atoms with Gasteiger partial charge in [-0.1, -0.05) is 24.3 Å². The van der Waals surface area contributed by atoms with Crippen molar-refractivity contribution in [2.75, 3.05) is 35.4 Å². The molecule has 0 atom stereocenters. The second kappa shape index (κ2) is 11.5. The molecular weight excluding hydrogens is 457 g/mol. The summed E-state index contributed by atoms with van der Waals surface area (Å²) < 4.78 is 16.1. The van der Waals surface area contributed by atoms with E-state index in [2.05, 4.69) is 21.3 Å². The summed E-state index contributed by atoms with van der Waals surface area (Å²) in [4.78, 5) is 6.42. The molecule has 0 bridgehead atoms. The first-order valence-corrected chi connectivity index (χ1v) is 8.37. The van der Waals surface area contributed by atoms with Crippen molar-refractivity contribution in [1.29, 1.82) is 0 Å². The van der Waals surface area contributed by atoms with Crippen molar-refractivity contribution in [2.45, 2.75) is 13.1 Å². The zero-order chi connectivity index (χ0) is 18.9. The quantitative estimate of drug-likeness (QED) is 0.370. The molecule has 1 N–H and O–H groups in total. The molecule has 27 heavy (non-hydrogen) atoms. The molecule has 2 aromatic carbocycles. The molecule has 0 saturated carbocycles. The third kappa shape index (κ3) is 6.20. The van der Waals surface area contributed by atoms with Gasteiger partial charge in [-0.15, -0.1) is 24.0 Å². The van der Waals surface area contributed by atoms with Crippen LogP contribution in [0.15, 0.2) is 47.5 Å². The standard InChI is InChI=1S/C20H27N3O3.HI/c1-21-20(23(2)14-16-8-6-7-9-17(16)24-3)22-13-15-10-11-18(25-4)19(12-15)26-5;/h6-12H,13-14H2,1-5H3,(H,21,22);1H. The Balaban J connectivity index is 0.00000364. The predicted molar refractivity (Wildman–Crippen MR) is 120 cm³/mol. The Labute approximate surface area is 178 Å². The average molecular weight is 485 g/mol. The zero-order valence-corrected chi connectivity index (χ0v) is 18.8. The van der Waals surface area contributed by atoms with Gasteiger partial charge < -0.3 is 24.4 Å². The van der Waals surface area contributed by atoms with E-state index in [0.717, 1.165) is 22.8 Å². The number of guanidine groups is 1. The minimum absolute atomic E-state index is 0. The van der Waals surface area contributed by atoms with Crippen LogP contribution in [0.4, 0.5) is 0 Å². The number of nitrogens with zero attached hydrogens (tertiary/aromatic N) is 2. The van der Waals surface area contributed by atoms with E-state index in [1.54, 1.807) is 28.4 Å². The van der Waals surface area contributed by atoms with Crippen molar-refractivity contribution in [3.63, 3.8) is 0 Å². The number of para-hydroxylation sites is 1. The van der Waals surface area contributed by atoms with Crippen molar-refractivity contribution < 1.29 is 14.2 Å². The number of methoxy groups -OCH3 is 3. The Bertz CT molecular complexity index is 753. The van der Waals surface area contributed by atoms with E-state index < -0.39 is 0 Å². The fourth-order valence-electron chi connectivity index (χ4n) is 2.72. The molecule has 0 heterocycles. The Morgan fingerprint density at radius 1 is 0.963 bits per heavy atom. The molecule has 0 spiro atoms. The van der Waals surface area contributed by atoms with Crippen LogP contribution < -0.4 is 19.5 Å². The molecule has 0 aliphatic carbocycles. The van der Waals surface area contributed by atoms with Gasteiger partial charge in [0.2, 0.25) is 0 Å². The molecule has 6 nitrogen and oxygen atoms in total. The van der Waals surface area contributed by atoms with Crippen LogP contribution >= 0.6 is 24.0 Å². The van der Waals surface area contributed by atoms with Crippen LogP contribution in [0.2, 0.25) is 0 Å². The lowest BCUT2D eigenvalue weighted by molar-refractivity contribution is 0.354. The van der Waals surface area contributed by atoms with Crippen LogP contribution in [-0.2, 0) is 13.1 Å². The maximum Gasteiger partial charge on any atom is 0.193 e. The van der Waals surface area contributed by atoms with Crippen LogP contribution in [0.3, 0.4) is 0 Å². The third-order valence-corrected chi connectivity index (χ3v) is 4.07. The van der Waals surface area contributed by atoms with E-state index in [0.29, 0.717) is 24.6 Å². The third-order valence-electron chi connectivity index (χ3n) is 4.07. The molecule has 0 amide bonds. The lowest BCUT2D eigenvalue weighted by Gasteiger charge is -2.23. The smallest absolute Gasteiger partial charge is 0.193 e. The average Bonchev–Trinajstić information content (AvgIpc) is 2.68. The highest BCUT2D eigenvalue weighted by Crippen LogP contribution is 2.27. The normalized spacial score (nSPS) is 10.6. The number of halogens is 1. The first-order valence-electron chi connectivity index (χ1n) is 8.37. The van der Waals surface area contributed by atoms with Crippen molar-refractivity contribution >= 4 is 29.9 Å². The first kappa shape index (κ1) is 22.9. The van der Waals surface area contributed by atoms with Gasteiger partial charge in [0.15, 0.2) is 17.5 Å². The summed E-state index contributed by atoms with van der Waals surface area (Å²) >= 11 is 0. The molecule has 2 rings (SSSR count). The predicted octanol–water partition coefficient (Wildman–Crippen LogP) is 3.54. The van der Waals surface area contributed by atoms with Gasteiger partial charge in [0.25, 0.3) is 0 Å². The fourth-order valence-corrected chi connectivity index (χ4v) is 2.72. The number of nitrogens with one attached hydrogen (secondary N) is 1. The Hall–Kier alpha value is -2.16. The Morgan fingerprint density at radius 2 is 1.63 bits per heavy atom. The minimum Gasteiger partial charge on any atom is -0.496 e. The van der Waals surface area contributed by atoms with Crippen molar-refractivity contribution in [2.24, 2.45) is 4.99 Å². The van der Waals surface area contributed by atoms with Crippen LogP contribution in [-0.4, -0.2) is 46.3 Å². The number of aliphatic imine (C=N–C) groups is 1. The number of ether oxygens (including phenoxy) is 3. The van der Waals surface area contributed by atoms with Gasteiger partial charge in [0.05, 0.1) is 21.3 Å². The zero-order valence-electron chi connectivity index (χ0n) is 16.5. The van der Waals surface area contributed by atoms with Crippen molar-refractivity contribution in [3.8, 4) is 17.2 Å². The Morgan fingerprint density at radius 3 is 2.26 bits per heavy atom. The SMILES string of the molecule is CN=C(NCc1ccc(OC)c(OC)c1)N(C)Cc1ccccc1OC.I. The highest BCUT2D eigenvalue weighted by molar-refractivity contribution is 14.0. The number of rotatable bonds is 7. The largest absolute Gasteiger partial charge is 0.496 e. The monoisotopic (exact) mass is 485 g/mol. The highest BCUT2D eigenvalue weighted by atomic mass is 127. The summed E-state index contributed by atoms with van der Waals surface area (Å²) in [6.45, 7) is 1.32. The van der Waals surface area contributed by atoms with Gasteiger partial charge in [-0.3, -0.25) is 4.99 Å². The molecule has 0 fully saturated rings. The summed E-state index contributed by atoms with van der Waals surface area (Å²) in [6, 6.07) is 13.8. The molecule has 7 heteroatoms.